The topological polar surface area (TPSA) is 73.1 Å². The highest BCUT2D eigenvalue weighted by molar-refractivity contribution is 5.79. The van der Waals surface area contributed by atoms with Crippen LogP contribution in [0.1, 0.15) is 18.7 Å². The fourth-order valence-electron chi connectivity index (χ4n) is 3.93. The number of piperazine rings is 1. The van der Waals surface area contributed by atoms with Crippen molar-refractivity contribution in [1.82, 2.24) is 30.1 Å². The third-order valence-electron chi connectivity index (χ3n) is 5.71. The molecule has 0 aliphatic carbocycles. The Morgan fingerprint density at radius 3 is 2.55 bits per heavy atom. The Morgan fingerprint density at radius 2 is 1.74 bits per heavy atom. The lowest BCUT2D eigenvalue weighted by Gasteiger charge is -2.36. The smallest absolute Gasteiger partial charge is 0.191 e. The summed E-state index contributed by atoms with van der Waals surface area (Å²) in [6.45, 7) is 7.13. The van der Waals surface area contributed by atoms with Crippen LogP contribution in [-0.4, -0.2) is 71.8 Å². The number of guanidine groups is 1. The van der Waals surface area contributed by atoms with Crippen molar-refractivity contribution < 1.29 is 0 Å². The lowest BCUT2D eigenvalue weighted by molar-refractivity contribution is 0.253. The number of nitrogens with one attached hydrogen (secondary N) is 2. The van der Waals surface area contributed by atoms with E-state index in [1.807, 2.05) is 28.8 Å². The number of unbranched alkanes of at least 4 members (excludes halogenated alkanes) is 1. The zero-order valence-corrected chi connectivity index (χ0v) is 18.2. The van der Waals surface area contributed by atoms with Gasteiger partial charge in [-0.3, -0.25) is 14.3 Å². The lowest BCUT2D eigenvalue weighted by Crippen LogP contribution is -2.46. The van der Waals surface area contributed by atoms with Gasteiger partial charge in [-0.25, -0.2) is 0 Å². The first-order chi connectivity index (χ1) is 15.3. The van der Waals surface area contributed by atoms with Gasteiger partial charge in [0, 0.05) is 51.7 Å². The Kier molecular flexibility index (Phi) is 7.33. The zero-order valence-electron chi connectivity index (χ0n) is 18.2. The maximum Gasteiger partial charge on any atom is 0.191 e. The van der Waals surface area contributed by atoms with Crippen molar-refractivity contribution in [3.8, 4) is 0 Å². The third-order valence-corrected chi connectivity index (χ3v) is 5.71. The van der Waals surface area contributed by atoms with Gasteiger partial charge in [0.1, 0.15) is 0 Å². The van der Waals surface area contributed by atoms with Gasteiger partial charge in [0.25, 0.3) is 0 Å². The third kappa shape index (κ3) is 5.73. The highest BCUT2D eigenvalue weighted by Crippen LogP contribution is 2.15. The number of pyridine rings is 1. The highest BCUT2D eigenvalue weighted by atomic mass is 15.3. The fraction of sp³-hybridized carbons (Fsp3) is 0.435. The van der Waals surface area contributed by atoms with Crippen molar-refractivity contribution in [2.24, 2.45) is 4.99 Å². The summed E-state index contributed by atoms with van der Waals surface area (Å²) in [6.07, 6.45) is 4.28. The van der Waals surface area contributed by atoms with Crippen molar-refractivity contribution in [1.29, 1.82) is 0 Å². The molecule has 1 aliphatic heterocycles. The van der Waals surface area contributed by atoms with E-state index in [-0.39, 0.29) is 0 Å². The minimum atomic E-state index is 0.580. The number of aliphatic imine (C=N–C) groups is 1. The maximum absolute atomic E-state index is 4.31. The molecule has 0 radical (unpaired) electrons. The number of anilines is 1. The van der Waals surface area contributed by atoms with Gasteiger partial charge in [-0.2, -0.15) is 0 Å². The standard InChI is InChI=1S/C23H32N8/c1-24-23(26-19-22-28-27-21-11-5-7-14-31(21)22)25-12-6-8-13-29-15-17-30(18-16-29)20-9-3-2-4-10-20/h2-5,7,9-11,14H,6,8,12-13,15-19H2,1H3,(H2,24,25,26). The number of rotatable bonds is 8. The second-order valence-corrected chi connectivity index (χ2v) is 7.77. The van der Waals surface area contributed by atoms with E-state index >= 15 is 0 Å². The van der Waals surface area contributed by atoms with Crippen LogP contribution < -0.4 is 15.5 Å². The van der Waals surface area contributed by atoms with Crippen LogP contribution in [0.5, 0.6) is 0 Å². The van der Waals surface area contributed by atoms with E-state index in [1.165, 1.54) is 12.1 Å². The molecule has 31 heavy (non-hydrogen) atoms. The van der Waals surface area contributed by atoms with E-state index in [1.54, 1.807) is 7.05 Å². The predicted molar refractivity (Wildman–Crippen MR) is 126 cm³/mol. The molecular weight excluding hydrogens is 388 g/mol. The predicted octanol–water partition coefficient (Wildman–Crippen LogP) is 2.00. The molecule has 1 saturated heterocycles. The molecule has 1 aromatic carbocycles. The van der Waals surface area contributed by atoms with E-state index in [0.29, 0.717) is 6.54 Å². The summed E-state index contributed by atoms with van der Waals surface area (Å²) in [5.41, 5.74) is 2.19. The summed E-state index contributed by atoms with van der Waals surface area (Å²) in [7, 11) is 1.80. The summed E-state index contributed by atoms with van der Waals surface area (Å²) in [5.74, 6) is 1.66. The Labute approximate surface area is 184 Å². The summed E-state index contributed by atoms with van der Waals surface area (Å²) in [5, 5.41) is 15.2. The molecule has 1 fully saturated rings. The monoisotopic (exact) mass is 420 g/mol. The van der Waals surface area contributed by atoms with Gasteiger partial charge in [-0.15, -0.1) is 10.2 Å². The average Bonchev–Trinajstić information content (AvgIpc) is 3.25. The van der Waals surface area contributed by atoms with Gasteiger partial charge in [-0.05, 0) is 43.7 Å². The minimum absolute atomic E-state index is 0.580. The molecule has 0 spiro atoms. The molecule has 8 heteroatoms. The molecule has 0 saturated carbocycles. The number of hydrogen-bond acceptors (Lipinski definition) is 5. The molecular formula is C23H32N8. The SMILES string of the molecule is CN=C(NCCCCN1CCN(c2ccccc2)CC1)NCc1nnc2ccccn12. The number of hydrogen-bond donors (Lipinski definition) is 2. The summed E-state index contributed by atoms with van der Waals surface area (Å²) in [4.78, 5) is 9.36. The van der Waals surface area contributed by atoms with Crippen molar-refractivity contribution >= 4 is 17.3 Å². The Hall–Kier alpha value is -3.13. The van der Waals surface area contributed by atoms with Gasteiger partial charge in [-0.1, -0.05) is 24.3 Å². The van der Waals surface area contributed by atoms with Crippen LogP contribution in [-0.2, 0) is 6.54 Å². The van der Waals surface area contributed by atoms with Gasteiger partial charge in [0.2, 0.25) is 0 Å². The molecule has 0 bridgehead atoms. The van der Waals surface area contributed by atoms with Gasteiger partial charge in [0.15, 0.2) is 17.4 Å². The van der Waals surface area contributed by atoms with Crippen LogP contribution in [0.15, 0.2) is 59.7 Å². The molecule has 3 aromatic rings. The largest absolute Gasteiger partial charge is 0.369 e. The van der Waals surface area contributed by atoms with Crippen molar-refractivity contribution in [3.63, 3.8) is 0 Å². The van der Waals surface area contributed by atoms with Crippen molar-refractivity contribution in [3.05, 3.63) is 60.6 Å². The Bertz CT molecular complexity index is 960. The van der Waals surface area contributed by atoms with E-state index in [4.69, 9.17) is 0 Å². The first-order valence-electron chi connectivity index (χ1n) is 11.1. The normalized spacial score (nSPS) is 15.4. The molecule has 1 aliphatic rings. The number of benzene rings is 1. The maximum atomic E-state index is 4.31. The lowest BCUT2D eigenvalue weighted by atomic mass is 10.2. The molecule has 0 amide bonds. The first kappa shape index (κ1) is 21.1. The number of para-hydroxylation sites is 1. The first-order valence-corrected chi connectivity index (χ1v) is 11.1. The van der Waals surface area contributed by atoms with E-state index in [2.05, 4.69) is 66.0 Å². The van der Waals surface area contributed by atoms with Crippen LogP contribution in [0.4, 0.5) is 5.69 Å². The minimum Gasteiger partial charge on any atom is -0.369 e. The molecule has 0 unspecified atom stereocenters. The van der Waals surface area contributed by atoms with Gasteiger partial charge < -0.3 is 15.5 Å². The molecule has 2 aromatic heterocycles. The molecule has 3 heterocycles. The number of fused-ring (bicyclic) bond motifs is 1. The van der Waals surface area contributed by atoms with Crippen molar-refractivity contribution in [2.75, 3.05) is 51.2 Å². The zero-order chi connectivity index (χ0) is 21.3. The Morgan fingerprint density at radius 1 is 0.935 bits per heavy atom. The van der Waals surface area contributed by atoms with E-state index < -0.39 is 0 Å². The second-order valence-electron chi connectivity index (χ2n) is 7.77. The molecule has 164 valence electrons. The second kappa shape index (κ2) is 10.8. The van der Waals surface area contributed by atoms with Crippen LogP contribution in [0.3, 0.4) is 0 Å². The molecule has 4 rings (SSSR count). The molecule has 2 N–H and O–H groups in total. The molecule has 0 atom stereocenters. The summed E-state index contributed by atoms with van der Waals surface area (Å²) in [6, 6.07) is 16.6. The van der Waals surface area contributed by atoms with Crippen LogP contribution in [0.25, 0.3) is 5.65 Å². The van der Waals surface area contributed by atoms with Gasteiger partial charge in [0.05, 0.1) is 6.54 Å². The quantitative estimate of drug-likeness (QED) is 0.330. The summed E-state index contributed by atoms with van der Waals surface area (Å²) < 4.78 is 1.98. The van der Waals surface area contributed by atoms with Crippen LogP contribution >= 0.6 is 0 Å². The summed E-state index contributed by atoms with van der Waals surface area (Å²) >= 11 is 0. The van der Waals surface area contributed by atoms with Crippen molar-refractivity contribution in [2.45, 2.75) is 19.4 Å². The van der Waals surface area contributed by atoms with Crippen LogP contribution in [0.2, 0.25) is 0 Å². The van der Waals surface area contributed by atoms with E-state index in [0.717, 1.165) is 63.1 Å². The van der Waals surface area contributed by atoms with E-state index in [9.17, 15) is 0 Å². The average molecular weight is 421 g/mol. The molecule has 8 nitrogen and oxygen atoms in total. The van der Waals surface area contributed by atoms with Crippen LogP contribution in [0, 0.1) is 0 Å². The highest BCUT2D eigenvalue weighted by Gasteiger charge is 2.16. The number of aromatic nitrogens is 3. The number of nitrogens with zero attached hydrogens (tertiary/aromatic N) is 6. The Balaban J connectivity index is 1.11. The van der Waals surface area contributed by atoms with Gasteiger partial charge >= 0.3 is 0 Å². The fourth-order valence-corrected chi connectivity index (χ4v) is 3.93.